The van der Waals surface area contributed by atoms with Crippen molar-refractivity contribution in [1.29, 1.82) is 0 Å². The Hall–Kier alpha value is -0.490. The Labute approximate surface area is 113 Å². The Kier molecular flexibility index (Phi) is 4.72. The highest BCUT2D eigenvalue weighted by molar-refractivity contribution is 7.09. The molecule has 0 unspecified atom stereocenters. The van der Waals surface area contributed by atoms with Crippen molar-refractivity contribution in [3.63, 3.8) is 0 Å². The second-order valence-electron chi connectivity index (χ2n) is 5.30. The van der Waals surface area contributed by atoms with Crippen molar-refractivity contribution in [2.45, 2.75) is 26.3 Å². The lowest BCUT2D eigenvalue weighted by Crippen LogP contribution is -2.42. The minimum atomic E-state index is 0.0194. The van der Waals surface area contributed by atoms with E-state index < -0.39 is 0 Å². The van der Waals surface area contributed by atoms with Crippen LogP contribution in [0, 0.1) is 12.3 Å². The Morgan fingerprint density at radius 3 is 2.78 bits per heavy atom. The number of aromatic nitrogens is 1. The minimum Gasteiger partial charge on any atom is -0.396 e. The molecule has 0 radical (unpaired) electrons. The SMILES string of the molecule is Cc1ncsc1CN(C)CC1(CO)CCOCC1. The summed E-state index contributed by atoms with van der Waals surface area (Å²) in [5.74, 6) is 0. The summed E-state index contributed by atoms with van der Waals surface area (Å²) >= 11 is 1.71. The number of nitrogens with zero attached hydrogens (tertiary/aromatic N) is 2. The van der Waals surface area contributed by atoms with E-state index in [0.717, 1.165) is 44.8 Å². The van der Waals surface area contributed by atoms with Gasteiger partial charge in [0.2, 0.25) is 0 Å². The van der Waals surface area contributed by atoms with E-state index in [4.69, 9.17) is 4.74 Å². The fourth-order valence-electron chi connectivity index (χ4n) is 2.52. The average molecular weight is 270 g/mol. The maximum atomic E-state index is 9.68. The second-order valence-corrected chi connectivity index (χ2v) is 6.24. The lowest BCUT2D eigenvalue weighted by atomic mass is 9.80. The highest BCUT2D eigenvalue weighted by atomic mass is 32.1. The van der Waals surface area contributed by atoms with Crippen LogP contribution in [0.3, 0.4) is 0 Å². The van der Waals surface area contributed by atoms with Gasteiger partial charge in [-0.25, -0.2) is 4.98 Å². The lowest BCUT2D eigenvalue weighted by Gasteiger charge is -2.38. The van der Waals surface area contributed by atoms with Crippen molar-refractivity contribution < 1.29 is 9.84 Å². The van der Waals surface area contributed by atoms with E-state index in [1.807, 2.05) is 5.51 Å². The first-order valence-corrected chi connectivity index (χ1v) is 7.29. The fraction of sp³-hybridized carbons (Fsp3) is 0.769. The second kappa shape index (κ2) is 6.10. The molecule has 1 aliphatic rings. The van der Waals surface area contributed by atoms with Gasteiger partial charge >= 0.3 is 0 Å². The molecule has 1 aromatic rings. The zero-order valence-corrected chi connectivity index (χ0v) is 12.0. The molecule has 4 nitrogen and oxygen atoms in total. The summed E-state index contributed by atoms with van der Waals surface area (Å²) in [5.41, 5.74) is 3.04. The van der Waals surface area contributed by atoms with Gasteiger partial charge in [0.1, 0.15) is 0 Å². The quantitative estimate of drug-likeness (QED) is 0.884. The molecule has 2 rings (SSSR count). The largest absolute Gasteiger partial charge is 0.396 e. The van der Waals surface area contributed by atoms with Crippen LogP contribution in [0.5, 0.6) is 0 Å². The molecule has 1 saturated heterocycles. The van der Waals surface area contributed by atoms with Gasteiger partial charge in [-0.15, -0.1) is 11.3 Å². The zero-order chi connectivity index (χ0) is 13.0. The first kappa shape index (κ1) is 13.9. The Morgan fingerprint density at radius 1 is 1.50 bits per heavy atom. The van der Waals surface area contributed by atoms with Gasteiger partial charge in [0.25, 0.3) is 0 Å². The van der Waals surface area contributed by atoms with E-state index in [0.29, 0.717) is 0 Å². The molecule has 0 aromatic carbocycles. The highest BCUT2D eigenvalue weighted by Crippen LogP contribution is 2.31. The molecule has 0 atom stereocenters. The molecule has 1 fully saturated rings. The summed E-state index contributed by atoms with van der Waals surface area (Å²) in [7, 11) is 2.12. The Morgan fingerprint density at radius 2 is 2.22 bits per heavy atom. The van der Waals surface area contributed by atoms with Gasteiger partial charge in [-0.2, -0.15) is 0 Å². The number of hydrogen-bond donors (Lipinski definition) is 1. The molecule has 0 bridgehead atoms. The van der Waals surface area contributed by atoms with Crippen LogP contribution in [0.2, 0.25) is 0 Å². The number of hydrogen-bond acceptors (Lipinski definition) is 5. The first-order chi connectivity index (χ1) is 8.65. The van der Waals surface area contributed by atoms with Gasteiger partial charge in [-0.3, -0.25) is 0 Å². The summed E-state index contributed by atoms with van der Waals surface area (Å²) in [5, 5.41) is 9.68. The van der Waals surface area contributed by atoms with Crippen LogP contribution in [0.4, 0.5) is 0 Å². The van der Waals surface area contributed by atoms with Crippen LogP contribution < -0.4 is 0 Å². The van der Waals surface area contributed by atoms with Crippen LogP contribution in [0.25, 0.3) is 0 Å². The van der Waals surface area contributed by atoms with Crippen LogP contribution in [-0.4, -0.2) is 48.4 Å². The summed E-state index contributed by atoms with van der Waals surface area (Å²) in [6.45, 7) is 5.68. The summed E-state index contributed by atoms with van der Waals surface area (Å²) < 4.78 is 5.40. The average Bonchev–Trinajstić information content (AvgIpc) is 2.76. The normalized spacial score (nSPS) is 19.3. The molecule has 1 aliphatic heterocycles. The van der Waals surface area contributed by atoms with Crippen LogP contribution in [-0.2, 0) is 11.3 Å². The predicted molar refractivity (Wildman–Crippen MR) is 72.8 cm³/mol. The standard InChI is InChI=1S/C13H22N2O2S/c1-11-12(18-10-14-11)7-15(2)8-13(9-16)3-5-17-6-4-13/h10,16H,3-9H2,1-2H3. The number of aliphatic hydroxyl groups is 1. The molecule has 1 N–H and O–H groups in total. The first-order valence-electron chi connectivity index (χ1n) is 6.41. The molecule has 18 heavy (non-hydrogen) atoms. The number of ether oxygens (including phenoxy) is 1. The monoisotopic (exact) mass is 270 g/mol. The van der Waals surface area contributed by atoms with Crippen molar-refractivity contribution in [2.75, 3.05) is 33.4 Å². The van der Waals surface area contributed by atoms with Crippen molar-refractivity contribution in [3.05, 3.63) is 16.1 Å². The van der Waals surface area contributed by atoms with E-state index >= 15 is 0 Å². The van der Waals surface area contributed by atoms with Crippen molar-refractivity contribution in [3.8, 4) is 0 Å². The number of aliphatic hydroxyl groups excluding tert-OH is 1. The molecule has 1 aromatic heterocycles. The van der Waals surface area contributed by atoms with Gasteiger partial charge in [0.15, 0.2) is 0 Å². The van der Waals surface area contributed by atoms with Crippen molar-refractivity contribution in [2.24, 2.45) is 5.41 Å². The van der Waals surface area contributed by atoms with Gasteiger partial charge in [-0.05, 0) is 26.8 Å². The molecular formula is C13H22N2O2S. The maximum Gasteiger partial charge on any atom is 0.0798 e. The predicted octanol–water partition coefficient (Wildman–Crippen LogP) is 1.67. The summed E-state index contributed by atoms with van der Waals surface area (Å²) in [6, 6.07) is 0. The van der Waals surface area contributed by atoms with E-state index in [2.05, 4.69) is 23.9 Å². The van der Waals surface area contributed by atoms with Gasteiger partial charge in [0.05, 0.1) is 17.8 Å². The topological polar surface area (TPSA) is 45.6 Å². The molecule has 0 spiro atoms. The fourth-order valence-corrected chi connectivity index (χ4v) is 3.38. The highest BCUT2D eigenvalue weighted by Gasteiger charge is 2.33. The molecular weight excluding hydrogens is 248 g/mol. The Bertz CT molecular complexity index is 375. The smallest absolute Gasteiger partial charge is 0.0798 e. The molecule has 0 aliphatic carbocycles. The van der Waals surface area contributed by atoms with Crippen LogP contribution >= 0.6 is 11.3 Å². The van der Waals surface area contributed by atoms with Crippen LogP contribution in [0.15, 0.2) is 5.51 Å². The third-order valence-electron chi connectivity index (χ3n) is 3.75. The molecule has 102 valence electrons. The van der Waals surface area contributed by atoms with Crippen molar-refractivity contribution in [1.82, 2.24) is 9.88 Å². The maximum absolute atomic E-state index is 9.68. The minimum absolute atomic E-state index is 0.0194. The van der Waals surface area contributed by atoms with Gasteiger partial charge < -0.3 is 14.7 Å². The summed E-state index contributed by atoms with van der Waals surface area (Å²) in [6.07, 6.45) is 1.91. The lowest BCUT2D eigenvalue weighted by molar-refractivity contribution is -0.0317. The molecule has 0 saturated carbocycles. The summed E-state index contributed by atoms with van der Waals surface area (Å²) in [4.78, 5) is 7.89. The van der Waals surface area contributed by atoms with Crippen molar-refractivity contribution >= 4 is 11.3 Å². The van der Waals surface area contributed by atoms with E-state index in [1.54, 1.807) is 11.3 Å². The van der Waals surface area contributed by atoms with Crippen LogP contribution in [0.1, 0.15) is 23.4 Å². The molecule has 2 heterocycles. The van der Waals surface area contributed by atoms with E-state index in [9.17, 15) is 5.11 Å². The van der Waals surface area contributed by atoms with Gasteiger partial charge in [0, 0.05) is 36.6 Å². The molecule has 5 heteroatoms. The third-order valence-corrected chi connectivity index (χ3v) is 4.67. The van der Waals surface area contributed by atoms with Gasteiger partial charge in [-0.1, -0.05) is 0 Å². The number of aryl methyl sites for hydroxylation is 1. The van der Waals surface area contributed by atoms with E-state index in [1.165, 1.54) is 4.88 Å². The molecule has 0 amide bonds. The number of rotatable bonds is 5. The number of thiazole rings is 1. The third kappa shape index (κ3) is 3.29. The Balaban J connectivity index is 1.93. The van der Waals surface area contributed by atoms with E-state index in [-0.39, 0.29) is 12.0 Å². The zero-order valence-electron chi connectivity index (χ0n) is 11.2.